The molecule has 2 unspecified atom stereocenters. The van der Waals surface area contributed by atoms with Crippen molar-refractivity contribution < 1.29 is 14.0 Å². The lowest BCUT2D eigenvalue weighted by molar-refractivity contribution is -0.121. The van der Waals surface area contributed by atoms with Crippen molar-refractivity contribution >= 4 is 35.0 Å². The number of hydrogen-bond acceptors (Lipinski definition) is 5. The number of para-hydroxylation sites is 2. The Balaban J connectivity index is 1.50. The number of anilines is 3. The first kappa shape index (κ1) is 28.0. The minimum atomic E-state index is -0.502. The fraction of sp³-hybridized carbons (Fsp3) is 0.290. The molecular formula is C31H36FN5O2. The summed E-state index contributed by atoms with van der Waals surface area (Å²) in [6.45, 7) is 7.83. The van der Waals surface area contributed by atoms with E-state index in [4.69, 9.17) is 5.73 Å². The first-order valence-electron chi connectivity index (χ1n) is 13.4. The standard InChI is InChI=1S/C31H36FN5O2/c1-3-36(4-2)26-19-20-37(21-26)30(31(39)34-25-16-14-24(32)15-17-25)23-12-9-22(10-13-23)11-18-29(38)35-28-8-6-5-7-27(28)33/h5-18,26,30H,3-4,19-21,33H2,1-2H3,(H,34,39)(H,35,38)/b18-11+. The average Bonchev–Trinajstić information content (AvgIpc) is 3.41. The van der Waals surface area contributed by atoms with Crippen molar-refractivity contribution in [3.63, 3.8) is 0 Å². The van der Waals surface area contributed by atoms with Crippen LogP contribution in [0.15, 0.2) is 78.9 Å². The Morgan fingerprint density at radius 3 is 2.38 bits per heavy atom. The van der Waals surface area contributed by atoms with Gasteiger partial charge in [0.1, 0.15) is 11.9 Å². The van der Waals surface area contributed by atoms with Crippen LogP contribution < -0.4 is 16.4 Å². The Kier molecular flexibility index (Phi) is 9.46. The van der Waals surface area contributed by atoms with Gasteiger partial charge in [-0.15, -0.1) is 0 Å². The first-order valence-corrected chi connectivity index (χ1v) is 13.4. The minimum Gasteiger partial charge on any atom is -0.397 e. The lowest BCUT2D eigenvalue weighted by atomic mass is 10.0. The van der Waals surface area contributed by atoms with Gasteiger partial charge >= 0.3 is 0 Å². The molecule has 2 amide bonds. The fourth-order valence-corrected chi connectivity index (χ4v) is 5.06. The predicted octanol–water partition coefficient (Wildman–Crippen LogP) is 5.16. The third-order valence-corrected chi connectivity index (χ3v) is 7.15. The van der Waals surface area contributed by atoms with E-state index in [1.165, 1.54) is 18.2 Å². The van der Waals surface area contributed by atoms with Crippen LogP contribution in [0.25, 0.3) is 6.08 Å². The second-order valence-electron chi connectivity index (χ2n) is 9.63. The number of rotatable bonds is 10. The highest BCUT2D eigenvalue weighted by Gasteiger charge is 2.35. The third kappa shape index (κ3) is 7.31. The van der Waals surface area contributed by atoms with Crippen molar-refractivity contribution in [2.75, 3.05) is 42.5 Å². The monoisotopic (exact) mass is 529 g/mol. The molecule has 1 fully saturated rings. The molecule has 0 aliphatic carbocycles. The number of likely N-dealkylation sites (N-methyl/N-ethyl adjacent to an activating group) is 1. The summed E-state index contributed by atoms with van der Waals surface area (Å²) in [5.74, 6) is -0.798. The molecule has 39 heavy (non-hydrogen) atoms. The summed E-state index contributed by atoms with van der Waals surface area (Å²) >= 11 is 0. The number of nitrogens with one attached hydrogen (secondary N) is 2. The van der Waals surface area contributed by atoms with Crippen molar-refractivity contribution in [2.24, 2.45) is 0 Å². The van der Waals surface area contributed by atoms with Gasteiger partial charge in [0.25, 0.3) is 0 Å². The molecule has 0 bridgehead atoms. The molecule has 204 valence electrons. The molecule has 3 aromatic rings. The summed E-state index contributed by atoms with van der Waals surface area (Å²) in [4.78, 5) is 30.6. The Hall–Kier alpha value is -4.01. The quantitative estimate of drug-likeness (QED) is 0.249. The summed E-state index contributed by atoms with van der Waals surface area (Å²) in [5.41, 5.74) is 9.19. The van der Waals surface area contributed by atoms with Gasteiger partial charge in [-0.3, -0.25) is 19.4 Å². The Bertz CT molecular complexity index is 1290. The van der Waals surface area contributed by atoms with E-state index in [-0.39, 0.29) is 17.6 Å². The number of nitrogens with zero attached hydrogens (tertiary/aromatic N) is 2. The van der Waals surface area contributed by atoms with Crippen LogP contribution in [0.4, 0.5) is 21.5 Å². The van der Waals surface area contributed by atoms with Crippen LogP contribution in [0, 0.1) is 5.82 Å². The van der Waals surface area contributed by atoms with E-state index in [1.807, 2.05) is 36.4 Å². The first-order chi connectivity index (χ1) is 18.9. The summed E-state index contributed by atoms with van der Waals surface area (Å²) in [7, 11) is 0. The Labute approximate surface area is 229 Å². The van der Waals surface area contributed by atoms with Crippen LogP contribution in [-0.4, -0.2) is 53.8 Å². The van der Waals surface area contributed by atoms with Crippen LogP contribution in [0.3, 0.4) is 0 Å². The van der Waals surface area contributed by atoms with Crippen molar-refractivity contribution in [3.8, 4) is 0 Å². The summed E-state index contributed by atoms with van der Waals surface area (Å²) in [5, 5.41) is 5.73. The van der Waals surface area contributed by atoms with E-state index in [9.17, 15) is 14.0 Å². The number of nitrogens with two attached hydrogens (primary N) is 1. The lowest BCUT2D eigenvalue weighted by Gasteiger charge is -2.30. The van der Waals surface area contributed by atoms with Gasteiger partial charge in [0.05, 0.1) is 11.4 Å². The summed E-state index contributed by atoms with van der Waals surface area (Å²) in [6, 6.07) is 20.4. The van der Waals surface area contributed by atoms with E-state index in [2.05, 4.69) is 34.3 Å². The van der Waals surface area contributed by atoms with Gasteiger partial charge in [-0.25, -0.2) is 4.39 Å². The number of likely N-dealkylation sites (tertiary alicyclic amines) is 1. The maximum absolute atomic E-state index is 13.6. The zero-order valence-electron chi connectivity index (χ0n) is 22.4. The van der Waals surface area contributed by atoms with E-state index in [0.29, 0.717) is 23.1 Å². The van der Waals surface area contributed by atoms with Gasteiger partial charge in [0.15, 0.2) is 0 Å². The average molecular weight is 530 g/mol. The second-order valence-corrected chi connectivity index (χ2v) is 9.63. The lowest BCUT2D eigenvalue weighted by Crippen LogP contribution is -2.40. The molecule has 7 nitrogen and oxygen atoms in total. The van der Waals surface area contributed by atoms with Gasteiger partial charge in [-0.1, -0.05) is 50.2 Å². The van der Waals surface area contributed by atoms with Gasteiger partial charge in [0, 0.05) is 30.9 Å². The molecule has 8 heteroatoms. The highest BCUT2D eigenvalue weighted by Crippen LogP contribution is 2.29. The van der Waals surface area contributed by atoms with E-state index in [1.54, 1.807) is 30.3 Å². The zero-order chi connectivity index (χ0) is 27.8. The Morgan fingerprint density at radius 1 is 1.03 bits per heavy atom. The van der Waals surface area contributed by atoms with Crippen molar-refractivity contribution in [2.45, 2.75) is 32.4 Å². The van der Waals surface area contributed by atoms with Crippen molar-refractivity contribution in [1.82, 2.24) is 9.80 Å². The number of benzene rings is 3. The number of amides is 2. The highest BCUT2D eigenvalue weighted by molar-refractivity contribution is 6.03. The van der Waals surface area contributed by atoms with Gasteiger partial charge in [-0.05, 0) is 73.1 Å². The number of carbonyl (C=O) groups is 2. The second kappa shape index (κ2) is 13.2. The molecule has 3 aromatic carbocycles. The van der Waals surface area contributed by atoms with E-state index >= 15 is 0 Å². The minimum absolute atomic E-state index is 0.162. The molecule has 0 spiro atoms. The van der Waals surface area contributed by atoms with Crippen LogP contribution >= 0.6 is 0 Å². The number of carbonyl (C=O) groups excluding carboxylic acids is 2. The van der Waals surface area contributed by atoms with Crippen molar-refractivity contribution in [1.29, 1.82) is 0 Å². The fourth-order valence-electron chi connectivity index (χ4n) is 5.06. The number of hydrogen-bond donors (Lipinski definition) is 3. The normalized spacial score (nSPS) is 16.5. The molecule has 0 aromatic heterocycles. The smallest absolute Gasteiger partial charge is 0.248 e. The molecule has 4 rings (SSSR count). The van der Waals surface area contributed by atoms with Gasteiger partial charge in [0.2, 0.25) is 11.8 Å². The largest absolute Gasteiger partial charge is 0.397 e. The third-order valence-electron chi connectivity index (χ3n) is 7.15. The van der Waals surface area contributed by atoms with Crippen LogP contribution in [0.1, 0.15) is 37.4 Å². The molecule has 0 saturated carbocycles. The number of nitrogen functional groups attached to an aromatic ring is 1. The SMILES string of the molecule is CCN(CC)C1CCN(C(C(=O)Nc2ccc(F)cc2)c2ccc(/C=C/C(=O)Nc3ccccc3N)cc2)C1. The predicted molar refractivity (Wildman–Crippen MR) is 156 cm³/mol. The molecule has 1 heterocycles. The molecule has 1 aliphatic rings. The van der Waals surface area contributed by atoms with Crippen molar-refractivity contribution in [3.05, 3.63) is 95.8 Å². The topological polar surface area (TPSA) is 90.7 Å². The maximum atomic E-state index is 13.6. The van der Waals surface area contributed by atoms with Gasteiger partial charge < -0.3 is 16.4 Å². The highest BCUT2D eigenvalue weighted by atomic mass is 19.1. The molecular weight excluding hydrogens is 493 g/mol. The molecule has 1 aliphatic heterocycles. The molecule has 0 radical (unpaired) electrons. The maximum Gasteiger partial charge on any atom is 0.248 e. The van der Waals surface area contributed by atoms with Gasteiger partial charge in [-0.2, -0.15) is 0 Å². The number of halogens is 1. The van der Waals surface area contributed by atoms with E-state index < -0.39 is 6.04 Å². The molecule has 4 N–H and O–H groups in total. The van der Waals surface area contributed by atoms with Crippen LogP contribution in [-0.2, 0) is 9.59 Å². The molecule has 2 atom stereocenters. The Morgan fingerprint density at radius 2 is 1.72 bits per heavy atom. The summed E-state index contributed by atoms with van der Waals surface area (Å²) in [6.07, 6.45) is 4.16. The zero-order valence-corrected chi connectivity index (χ0v) is 22.4. The molecule has 1 saturated heterocycles. The van der Waals surface area contributed by atoms with E-state index in [0.717, 1.165) is 43.7 Å². The summed E-state index contributed by atoms with van der Waals surface area (Å²) < 4.78 is 13.4. The van der Waals surface area contributed by atoms with Crippen LogP contribution in [0.5, 0.6) is 0 Å². The van der Waals surface area contributed by atoms with Crippen LogP contribution in [0.2, 0.25) is 0 Å².